The monoisotopic (exact) mass is 392 g/mol. The summed E-state index contributed by atoms with van der Waals surface area (Å²) in [5.41, 5.74) is 0.421. The van der Waals surface area contributed by atoms with Crippen molar-refractivity contribution in [3.63, 3.8) is 0 Å². The van der Waals surface area contributed by atoms with Crippen LogP contribution in [0.25, 0.3) is 0 Å². The fourth-order valence-corrected chi connectivity index (χ4v) is 6.77. The number of hydrogen-bond acceptors (Lipinski definition) is 5. The quantitative estimate of drug-likeness (QED) is 0.410. The summed E-state index contributed by atoms with van der Waals surface area (Å²) in [5, 5.41) is 3.58. The molecule has 2 saturated carbocycles. The smallest absolute Gasteiger partial charge is 0.310 e. The number of nitrogens with one attached hydrogen (secondary N) is 1. The maximum absolute atomic E-state index is 12.7. The van der Waals surface area contributed by atoms with Crippen LogP contribution in [0, 0.1) is 23.2 Å². The highest BCUT2D eigenvalue weighted by atomic mass is 16.6. The molecule has 0 bridgehead atoms. The van der Waals surface area contributed by atoms with Crippen LogP contribution in [0.1, 0.15) is 66.7 Å². The van der Waals surface area contributed by atoms with Gasteiger partial charge in [0.2, 0.25) is 0 Å². The predicted octanol–water partition coefficient (Wildman–Crippen LogP) is 3.22. The fraction of sp³-hybridized carbons (Fsp3) is 0.957. The number of hydrogen-bond donors (Lipinski definition) is 1. The number of ether oxygens (including phenoxy) is 2. The Balaban J connectivity index is 1.35. The number of rotatable bonds is 7. The molecular formula is C23H40N2O3. The molecule has 0 amide bonds. The Morgan fingerprint density at radius 3 is 2.57 bits per heavy atom. The van der Waals surface area contributed by atoms with Crippen molar-refractivity contribution in [2.45, 2.75) is 90.5 Å². The van der Waals surface area contributed by atoms with E-state index >= 15 is 0 Å². The molecule has 1 spiro atoms. The van der Waals surface area contributed by atoms with Gasteiger partial charge < -0.3 is 14.8 Å². The first kappa shape index (κ1) is 20.6. The SMILES string of the molecule is CC(C)N(CCNC[C@@H]1C(=O)O[C@@H]2C[C@@]3(C)CCC[C@]4(CO4)[C@H]3C[C@H]12)C(C)C. The maximum atomic E-state index is 12.7. The molecule has 2 aliphatic heterocycles. The molecular weight excluding hydrogens is 352 g/mol. The highest BCUT2D eigenvalue weighted by Gasteiger charge is 2.64. The van der Waals surface area contributed by atoms with E-state index in [0.29, 0.717) is 23.9 Å². The average Bonchev–Trinajstić information content (AvgIpc) is 3.30. The van der Waals surface area contributed by atoms with Gasteiger partial charge in [0, 0.05) is 37.6 Å². The third kappa shape index (κ3) is 3.63. The molecule has 2 aliphatic carbocycles. The molecule has 160 valence electrons. The number of fused-ring (bicyclic) bond motifs is 3. The predicted molar refractivity (Wildman–Crippen MR) is 110 cm³/mol. The molecule has 4 rings (SSSR count). The minimum absolute atomic E-state index is 0.0128. The topological polar surface area (TPSA) is 54.1 Å². The van der Waals surface area contributed by atoms with E-state index in [1.165, 1.54) is 19.3 Å². The van der Waals surface area contributed by atoms with E-state index < -0.39 is 0 Å². The van der Waals surface area contributed by atoms with E-state index in [2.05, 4.69) is 44.8 Å². The minimum Gasteiger partial charge on any atom is -0.462 e. The van der Waals surface area contributed by atoms with Gasteiger partial charge in [0.25, 0.3) is 0 Å². The van der Waals surface area contributed by atoms with Gasteiger partial charge in [0.05, 0.1) is 18.1 Å². The molecule has 2 heterocycles. The van der Waals surface area contributed by atoms with Gasteiger partial charge in [-0.3, -0.25) is 9.69 Å². The molecule has 28 heavy (non-hydrogen) atoms. The molecule has 0 aromatic carbocycles. The normalized spacial score (nSPS) is 42.2. The van der Waals surface area contributed by atoms with Gasteiger partial charge in [-0.2, -0.15) is 0 Å². The lowest BCUT2D eigenvalue weighted by Crippen LogP contribution is -2.51. The first-order valence-corrected chi connectivity index (χ1v) is 11.6. The van der Waals surface area contributed by atoms with Crippen molar-refractivity contribution < 1.29 is 14.3 Å². The standard InChI is InChI=1S/C23H40N2O3/c1-15(2)25(16(3)4)10-9-24-13-18-17-11-20-22(5,12-19(17)28-21(18)26)7-6-8-23(20)14-27-23/h15-20,24H,6-14H2,1-5H3/t17-,18+,19-,20+,22-,23+/m1/s1. The Hall–Kier alpha value is -0.650. The second kappa shape index (κ2) is 7.55. The van der Waals surface area contributed by atoms with Gasteiger partial charge in [0.1, 0.15) is 6.10 Å². The largest absolute Gasteiger partial charge is 0.462 e. The molecule has 1 N–H and O–H groups in total. The van der Waals surface area contributed by atoms with E-state index in [0.717, 1.165) is 39.1 Å². The Bertz CT molecular complexity index is 580. The Morgan fingerprint density at radius 2 is 1.93 bits per heavy atom. The minimum atomic E-state index is 0.0128. The first-order chi connectivity index (χ1) is 13.3. The van der Waals surface area contributed by atoms with Gasteiger partial charge in [-0.05, 0) is 71.1 Å². The van der Waals surface area contributed by atoms with Gasteiger partial charge in [-0.25, -0.2) is 0 Å². The summed E-state index contributed by atoms with van der Waals surface area (Å²) in [7, 11) is 0. The van der Waals surface area contributed by atoms with E-state index in [1.54, 1.807) is 0 Å². The lowest BCUT2D eigenvalue weighted by atomic mass is 9.53. The summed E-state index contributed by atoms with van der Waals surface area (Å²) in [5.74, 6) is 1.01. The van der Waals surface area contributed by atoms with Crippen molar-refractivity contribution in [1.82, 2.24) is 10.2 Å². The van der Waals surface area contributed by atoms with Crippen molar-refractivity contribution >= 4 is 5.97 Å². The zero-order chi connectivity index (χ0) is 20.1. The van der Waals surface area contributed by atoms with Crippen LogP contribution in [-0.2, 0) is 14.3 Å². The zero-order valence-electron chi connectivity index (χ0n) is 18.5. The van der Waals surface area contributed by atoms with Crippen molar-refractivity contribution in [1.29, 1.82) is 0 Å². The molecule has 0 radical (unpaired) electrons. The van der Waals surface area contributed by atoms with Gasteiger partial charge in [-0.1, -0.05) is 6.92 Å². The van der Waals surface area contributed by atoms with Crippen molar-refractivity contribution in [2.75, 3.05) is 26.2 Å². The first-order valence-electron chi connectivity index (χ1n) is 11.6. The second-order valence-electron chi connectivity index (χ2n) is 10.7. The van der Waals surface area contributed by atoms with E-state index in [4.69, 9.17) is 9.47 Å². The van der Waals surface area contributed by atoms with E-state index in [1.807, 2.05) is 0 Å². The fourth-order valence-electron chi connectivity index (χ4n) is 6.77. The lowest BCUT2D eigenvalue weighted by molar-refractivity contribution is -0.147. The van der Waals surface area contributed by atoms with Crippen molar-refractivity contribution in [3.05, 3.63) is 0 Å². The molecule has 5 heteroatoms. The van der Waals surface area contributed by atoms with Crippen molar-refractivity contribution in [2.24, 2.45) is 23.2 Å². The summed E-state index contributed by atoms with van der Waals surface area (Å²) in [6, 6.07) is 1.08. The summed E-state index contributed by atoms with van der Waals surface area (Å²) >= 11 is 0. The third-order valence-electron chi connectivity index (χ3n) is 8.32. The van der Waals surface area contributed by atoms with E-state index in [-0.39, 0.29) is 29.0 Å². The molecule has 0 aromatic rings. The molecule has 4 fully saturated rings. The van der Waals surface area contributed by atoms with Crippen LogP contribution in [0.4, 0.5) is 0 Å². The molecule has 0 aromatic heterocycles. The maximum Gasteiger partial charge on any atom is 0.310 e. The number of carbonyl (C=O) groups is 1. The number of esters is 1. The lowest BCUT2D eigenvalue weighted by Gasteiger charge is -2.51. The van der Waals surface area contributed by atoms with Crippen LogP contribution < -0.4 is 5.32 Å². The molecule has 4 aliphatic rings. The van der Waals surface area contributed by atoms with Crippen molar-refractivity contribution in [3.8, 4) is 0 Å². The summed E-state index contributed by atoms with van der Waals surface area (Å²) in [6.45, 7) is 15.0. The highest BCUT2D eigenvalue weighted by molar-refractivity contribution is 5.75. The summed E-state index contributed by atoms with van der Waals surface area (Å²) in [6.07, 6.45) is 5.98. The Kier molecular flexibility index (Phi) is 5.56. The highest BCUT2D eigenvalue weighted by Crippen LogP contribution is 2.62. The van der Waals surface area contributed by atoms with Crippen LogP contribution in [0.2, 0.25) is 0 Å². The van der Waals surface area contributed by atoms with Crippen LogP contribution in [0.3, 0.4) is 0 Å². The molecule has 0 unspecified atom stereocenters. The summed E-state index contributed by atoms with van der Waals surface area (Å²) in [4.78, 5) is 15.2. The van der Waals surface area contributed by atoms with Gasteiger partial charge in [-0.15, -0.1) is 0 Å². The molecule has 5 nitrogen and oxygen atoms in total. The number of epoxide rings is 1. The summed E-state index contributed by atoms with van der Waals surface area (Å²) < 4.78 is 11.9. The Labute approximate surface area is 170 Å². The van der Waals surface area contributed by atoms with Crippen LogP contribution >= 0.6 is 0 Å². The van der Waals surface area contributed by atoms with Gasteiger partial charge >= 0.3 is 5.97 Å². The number of nitrogens with zero attached hydrogens (tertiary/aromatic N) is 1. The van der Waals surface area contributed by atoms with Gasteiger partial charge in [0.15, 0.2) is 0 Å². The van der Waals surface area contributed by atoms with Crippen LogP contribution in [-0.4, -0.2) is 60.9 Å². The second-order valence-corrected chi connectivity index (χ2v) is 10.7. The van der Waals surface area contributed by atoms with Crippen LogP contribution in [0.5, 0.6) is 0 Å². The third-order valence-corrected chi connectivity index (χ3v) is 8.32. The Morgan fingerprint density at radius 1 is 1.21 bits per heavy atom. The zero-order valence-corrected chi connectivity index (χ0v) is 18.5. The van der Waals surface area contributed by atoms with E-state index in [9.17, 15) is 4.79 Å². The number of carbonyl (C=O) groups excluding carboxylic acids is 1. The average molecular weight is 393 g/mol. The molecule has 2 saturated heterocycles. The van der Waals surface area contributed by atoms with Crippen LogP contribution in [0.15, 0.2) is 0 Å². The molecule has 6 atom stereocenters.